The lowest BCUT2D eigenvalue weighted by atomic mass is 10.1. The quantitative estimate of drug-likeness (QED) is 0.877. The number of rotatable bonds is 4. The summed E-state index contributed by atoms with van der Waals surface area (Å²) in [5.74, 6) is 0.768. The van der Waals surface area contributed by atoms with Crippen molar-refractivity contribution in [3.05, 3.63) is 51.7 Å². The molecule has 0 bridgehead atoms. The zero-order valence-corrected chi connectivity index (χ0v) is 12.6. The lowest BCUT2D eigenvalue weighted by Crippen LogP contribution is -2.07. The lowest BCUT2D eigenvalue weighted by Gasteiger charge is -2.11. The summed E-state index contributed by atoms with van der Waals surface area (Å²) in [7, 11) is 0. The molecular formula is C14H16ClN3S. The number of thioether (sulfide) groups is 1. The van der Waals surface area contributed by atoms with Gasteiger partial charge in [-0.2, -0.15) is 5.10 Å². The third-order valence-corrected chi connectivity index (χ3v) is 4.50. The molecule has 0 unspecified atom stereocenters. The normalized spacial score (nSPS) is 10.7. The first kappa shape index (κ1) is 14.3. The minimum Gasteiger partial charge on any atom is -0.326 e. The molecule has 0 saturated carbocycles. The summed E-state index contributed by atoms with van der Waals surface area (Å²) in [6.45, 7) is 4.46. The molecule has 1 aromatic heterocycles. The Hall–Kier alpha value is -1.10. The van der Waals surface area contributed by atoms with Crippen LogP contribution in [0.4, 0.5) is 0 Å². The largest absolute Gasteiger partial charge is 0.326 e. The van der Waals surface area contributed by atoms with E-state index >= 15 is 0 Å². The number of nitrogens with two attached hydrogens (primary N) is 1. The summed E-state index contributed by atoms with van der Waals surface area (Å²) in [6.07, 6.45) is 0. The zero-order valence-electron chi connectivity index (χ0n) is 11.0. The molecule has 0 amide bonds. The van der Waals surface area contributed by atoms with Gasteiger partial charge < -0.3 is 5.73 Å². The summed E-state index contributed by atoms with van der Waals surface area (Å²) >= 11 is 7.77. The molecular weight excluding hydrogens is 278 g/mol. The Labute approximate surface area is 122 Å². The fourth-order valence-corrected chi connectivity index (χ4v) is 3.09. The minimum atomic E-state index is 0.479. The van der Waals surface area contributed by atoms with Crippen molar-refractivity contribution in [2.24, 2.45) is 5.73 Å². The fraction of sp³-hybridized carbons (Fsp3) is 0.286. The summed E-state index contributed by atoms with van der Waals surface area (Å²) < 4.78 is 0. The molecule has 100 valence electrons. The van der Waals surface area contributed by atoms with Crippen LogP contribution < -0.4 is 5.73 Å². The summed E-state index contributed by atoms with van der Waals surface area (Å²) in [5.41, 5.74) is 10.0. The molecule has 0 fully saturated rings. The molecule has 19 heavy (non-hydrogen) atoms. The number of halogens is 1. The standard InChI is InChI=1S/C14H16ClN3S/c1-9-10(2)17-18-14(12(9)7-16)19-8-11-5-3-4-6-13(11)15/h3-6H,7-8,16H2,1-2H3. The molecule has 0 radical (unpaired) electrons. The Morgan fingerprint density at radius 2 is 1.95 bits per heavy atom. The number of aromatic nitrogens is 2. The van der Waals surface area contributed by atoms with Gasteiger partial charge in [0.2, 0.25) is 0 Å². The average Bonchev–Trinajstić information content (AvgIpc) is 2.41. The van der Waals surface area contributed by atoms with E-state index in [0.717, 1.165) is 38.2 Å². The highest BCUT2D eigenvalue weighted by molar-refractivity contribution is 7.98. The van der Waals surface area contributed by atoms with Crippen LogP contribution in [0.5, 0.6) is 0 Å². The van der Waals surface area contributed by atoms with E-state index in [-0.39, 0.29) is 0 Å². The van der Waals surface area contributed by atoms with E-state index in [1.54, 1.807) is 11.8 Å². The number of nitrogens with zero attached hydrogens (tertiary/aromatic N) is 2. The van der Waals surface area contributed by atoms with Gasteiger partial charge in [-0.05, 0) is 31.0 Å². The van der Waals surface area contributed by atoms with Crippen LogP contribution in [0.3, 0.4) is 0 Å². The van der Waals surface area contributed by atoms with E-state index in [2.05, 4.69) is 10.2 Å². The zero-order chi connectivity index (χ0) is 13.8. The van der Waals surface area contributed by atoms with E-state index in [4.69, 9.17) is 17.3 Å². The Balaban J connectivity index is 2.21. The molecule has 1 aromatic carbocycles. The maximum atomic E-state index is 6.15. The van der Waals surface area contributed by atoms with Crippen molar-refractivity contribution in [2.45, 2.75) is 31.2 Å². The molecule has 0 saturated heterocycles. The van der Waals surface area contributed by atoms with E-state index in [9.17, 15) is 0 Å². The van der Waals surface area contributed by atoms with Crippen LogP contribution in [0.25, 0.3) is 0 Å². The number of aryl methyl sites for hydroxylation is 1. The van der Waals surface area contributed by atoms with Gasteiger partial charge in [0.15, 0.2) is 0 Å². The molecule has 3 nitrogen and oxygen atoms in total. The van der Waals surface area contributed by atoms with E-state index < -0.39 is 0 Å². The molecule has 2 rings (SSSR count). The Bertz CT molecular complexity index is 587. The van der Waals surface area contributed by atoms with Gasteiger partial charge in [0.05, 0.1) is 5.69 Å². The Kier molecular flexibility index (Phi) is 4.80. The highest BCUT2D eigenvalue weighted by atomic mass is 35.5. The van der Waals surface area contributed by atoms with Gasteiger partial charge in [-0.25, -0.2) is 0 Å². The fourth-order valence-electron chi connectivity index (χ4n) is 1.75. The summed E-state index contributed by atoms with van der Waals surface area (Å²) in [5, 5.41) is 10.1. The SMILES string of the molecule is Cc1nnc(SCc2ccccc2Cl)c(CN)c1C. The van der Waals surface area contributed by atoms with Crippen LogP contribution >= 0.6 is 23.4 Å². The Morgan fingerprint density at radius 3 is 2.63 bits per heavy atom. The summed E-state index contributed by atoms with van der Waals surface area (Å²) in [6, 6.07) is 7.83. The van der Waals surface area contributed by atoms with Crippen LogP contribution in [-0.2, 0) is 12.3 Å². The van der Waals surface area contributed by atoms with Gasteiger partial charge in [-0.1, -0.05) is 41.6 Å². The maximum Gasteiger partial charge on any atom is 0.124 e. The van der Waals surface area contributed by atoms with Crippen molar-refractivity contribution >= 4 is 23.4 Å². The molecule has 0 spiro atoms. The number of benzene rings is 1. The topological polar surface area (TPSA) is 51.8 Å². The molecule has 2 N–H and O–H groups in total. The van der Waals surface area contributed by atoms with Crippen molar-refractivity contribution in [1.29, 1.82) is 0 Å². The van der Waals surface area contributed by atoms with Crippen molar-refractivity contribution in [3.8, 4) is 0 Å². The molecule has 0 aliphatic rings. The lowest BCUT2D eigenvalue weighted by molar-refractivity contribution is 0.824. The van der Waals surface area contributed by atoms with E-state index in [1.807, 2.05) is 38.1 Å². The van der Waals surface area contributed by atoms with Gasteiger partial charge >= 0.3 is 0 Å². The summed E-state index contributed by atoms with van der Waals surface area (Å²) in [4.78, 5) is 0. The second kappa shape index (κ2) is 6.37. The predicted octanol–water partition coefficient (Wildman–Crippen LogP) is 3.50. The predicted molar refractivity (Wildman–Crippen MR) is 80.4 cm³/mol. The van der Waals surface area contributed by atoms with Gasteiger partial charge in [-0.3, -0.25) is 0 Å². The average molecular weight is 294 g/mol. The van der Waals surface area contributed by atoms with Crippen LogP contribution in [0.1, 0.15) is 22.4 Å². The van der Waals surface area contributed by atoms with Crippen molar-refractivity contribution in [2.75, 3.05) is 0 Å². The van der Waals surface area contributed by atoms with Gasteiger partial charge in [0.25, 0.3) is 0 Å². The van der Waals surface area contributed by atoms with Crippen molar-refractivity contribution in [3.63, 3.8) is 0 Å². The second-order valence-electron chi connectivity index (χ2n) is 4.28. The first-order chi connectivity index (χ1) is 9.13. The first-order valence-corrected chi connectivity index (χ1v) is 7.39. The molecule has 0 aliphatic carbocycles. The van der Waals surface area contributed by atoms with Crippen LogP contribution in [0, 0.1) is 13.8 Å². The van der Waals surface area contributed by atoms with Crippen LogP contribution in [-0.4, -0.2) is 10.2 Å². The molecule has 2 aromatic rings. The molecule has 0 aliphatic heterocycles. The van der Waals surface area contributed by atoms with E-state index in [1.165, 1.54) is 0 Å². The van der Waals surface area contributed by atoms with Gasteiger partial charge in [-0.15, -0.1) is 5.10 Å². The number of hydrogen-bond donors (Lipinski definition) is 1. The van der Waals surface area contributed by atoms with Gasteiger partial charge in [0, 0.05) is 22.9 Å². The highest BCUT2D eigenvalue weighted by Crippen LogP contribution is 2.28. The van der Waals surface area contributed by atoms with Gasteiger partial charge in [0.1, 0.15) is 5.03 Å². The third kappa shape index (κ3) is 3.26. The monoisotopic (exact) mass is 293 g/mol. The molecule has 0 atom stereocenters. The highest BCUT2D eigenvalue weighted by Gasteiger charge is 2.11. The van der Waals surface area contributed by atoms with Crippen LogP contribution in [0.2, 0.25) is 5.02 Å². The van der Waals surface area contributed by atoms with Crippen molar-refractivity contribution < 1.29 is 0 Å². The first-order valence-electron chi connectivity index (χ1n) is 6.02. The van der Waals surface area contributed by atoms with E-state index in [0.29, 0.717) is 6.54 Å². The van der Waals surface area contributed by atoms with Crippen LogP contribution in [0.15, 0.2) is 29.3 Å². The third-order valence-electron chi connectivity index (χ3n) is 3.07. The molecule has 1 heterocycles. The Morgan fingerprint density at radius 1 is 1.21 bits per heavy atom. The molecule has 5 heteroatoms. The smallest absolute Gasteiger partial charge is 0.124 e. The van der Waals surface area contributed by atoms with Crippen molar-refractivity contribution in [1.82, 2.24) is 10.2 Å². The minimum absolute atomic E-state index is 0.479. The maximum absolute atomic E-state index is 6.15. The number of hydrogen-bond acceptors (Lipinski definition) is 4. The second-order valence-corrected chi connectivity index (χ2v) is 5.65.